The Kier molecular flexibility index (Phi) is 5.73. The van der Waals surface area contributed by atoms with Crippen LogP contribution in [0, 0.1) is 11.8 Å². The highest BCUT2D eigenvalue weighted by Crippen LogP contribution is 2.38. The third kappa shape index (κ3) is 3.67. The molecule has 2 heterocycles. The molecule has 1 aromatic carbocycles. The molecule has 2 aromatic heterocycles. The van der Waals surface area contributed by atoms with Gasteiger partial charge in [0, 0.05) is 24.0 Å². The van der Waals surface area contributed by atoms with Gasteiger partial charge in [-0.3, -0.25) is 9.48 Å². The first kappa shape index (κ1) is 20.7. The summed E-state index contributed by atoms with van der Waals surface area (Å²) in [7, 11) is 5.15. The number of nitrogens with one attached hydrogen (secondary N) is 1. The van der Waals surface area contributed by atoms with Crippen molar-refractivity contribution in [2.24, 2.45) is 18.9 Å². The Bertz CT molecular complexity index is 1070. The molecular weight excluding hydrogens is 398 g/mol. The molecule has 1 aliphatic carbocycles. The number of aryl methyl sites for hydroxylation is 1. The van der Waals surface area contributed by atoms with Crippen LogP contribution in [0.4, 0.5) is 0 Å². The molecule has 160 valence electrons. The number of hydrogen-bond acceptors (Lipinski definition) is 5. The van der Waals surface area contributed by atoms with E-state index in [0.29, 0.717) is 23.3 Å². The van der Waals surface area contributed by atoms with Crippen LogP contribution in [0.25, 0.3) is 21.5 Å². The lowest BCUT2D eigenvalue weighted by Crippen LogP contribution is -2.43. The van der Waals surface area contributed by atoms with Crippen molar-refractivity contribution in [1.82, 2.24) is 15.1 Å². The van der Waals surface area contributed by atoms with Crippen molar-refractivity contribution in [2.75, 3.05) is 14.2 Å². The van der Waals surface area contributed by atoms with Gasteiger partial charge in [0.2, 0.25) is 0 Å². The average molecular weight is 428 g/mol. The second kappa shape index (κ2) is 8.30. The second-order valence-electron chi connectivity index (χ2n) is 8.22. The van der Waals surface area contributed by atoms with E-state index in [4.69, 9.17) is 9.47 Å². The van der Waals surface area contributed by atoms with Gasteiger partial charge in [-0.15, -0.1) is 11.3 Å². The van der Waals surface area contributed by atoms with Crippen molar-refractivity contribution in [3.05, 3.63) is 29.1 Å². The van der Waals surface area contributed by atoms with Crippen molar-refractivity contribution in [3.63, 3.8) is 0 Å². The second-order valence-corrected chi connectivity index (χ2v) is 9.25. The average Bonchev–Trinajstić information content (AvgIpc) is 3.31. The number of thiophene rings is 1. The maximum absolute atomic E-state index is 13.0. The molecule has 30 heavy (non-hydrogen) atoms. The molecule has 3 atom stereocenters. The molecule has 1 N–H and O–H groups in total. The molecule has 0 bridgehead atoms. The van der Waals surface area contributed by atoms with Crippen LogP contribution >= 0.6 is 11.3 Å². The van der Waals surface area contributed by atoms with E-state index in [2.05, 4.69) is 24.3 Å². The molecule has 1 fully saturated rings. The topological polar surface area (TPSA) is 65.4 Å². The van der Waals surface area contributed by atoms with E-state index in [1.807, 2.05) is 36.0 Å². The lowest BCUT2D eigenvalue weighted by atomic mass is 9.78. The fourth-order valence-electron chi connectivity index (χ4n) is 4.37. The minimum Gasteiger partial charge on any atom is -0.493 e. The van der Waals surface area contributed by atoms with E-state index >= 15 is 0 Å². The van der Waals surface area contributed by atoms with Crippen LogP contribution in [0.1, 0.15) is 42.8 Å². The normalized spacial score (nSPS) is 21.6. The number of hydrogen-bond donors (Lipinski definition) is 1. The van der Waals surface area contributed by atoms with E-state index in [-0.39, 0.29) is 11.9 Å². The molecule has 7 heteroatoms. The first-order valence-electron chi connectivity index (χ1n) is 10.4. The lowest BCUT2D eigenvalue weighted by Gasteiger charge is -2.34. The van der Waals surface area contributed by atoms with Gasteiger partial charge in [-0.05, 0) is 42.5 Å². The summed E-state index contributed by atoms with van der Waals surface area (Å²) in [6.45, 7) is 4.53. The van der Waals surface area contributed by atoms with Crippen LogP contribution in [-0.4, -0.2) is 35.9 Å². The molecule has 6 nitrogen and oxygen atoms in total. The highest BCUT2D eigenvalue weighted by molar-refractivity contribution is 7.20. The molecule has 0 aliphatic heterocycles. The molecule has 0 saturated heterocycles. The van der Waals surface area contributed by atoms with Crippen LogP contribution in [-0.2, 0) is 7.05 Å². The lowest BCUT2D eigenvalue weighted by molar-refractivity contribution is 0.0895. The van der Waals surface area contributed by atoms with Gasteiger partial charge in [0.15, 0.2) is 11.5 Å². The quantitative estimate of drug-likeness (QED) is 0.631. The molecule has 3 aromatic rings. The summed E-state index contributed by atoms with van der Waals surface area (Å²) in [6, 6.07) is 7.97. The Morgan fingerprint density at radius 1 is 1.17 bits per heavy atom. The van der Waals surface area contributed by atoms with E-state index < -0.39 is 0 Å². The number of rotatable bonds is 5. The predicted molar refractivity (Wildman–Crippen MR) is 121 cm³/mol. The van der Waals surface area contributed by atoms with Gasteiger partial charge < -0.3 is 14.8 Å². The van der Waals surface area contributed by atoms with Gasteiger partial charge >= 0.3 is 0 Å². The van der Waals surface area contributed by atoms with Crippen molar-refractivity contribution >= 4 is 27.5 Å². The Hall–Kier alpha value is -2.54. The maximum atomic E-state index is 13.0. The Morgan fingerprint density at radius 3 is 2.67 bits per heavy atom. The molecule has 1 aliphatic rings. The van der Waals surface area contributed by atoms with Crippen molar-refractivity contribution in [1.29, 1.82) is 0 Å². The Morgan fingerprint density at radius 2 is 1.93 bits per heavy atom. The number of nitrogens with zero attached hydrogens (tertiary/aromatic N) is 2. The fourth-order valence-corrected chi connectivity index (χ4v) is 5.35. The van der Waals surface area contributed by atoms with Gasteiger partial charge in [-0.2, -0.15) is 5.10 Å². The summed E-state index contributed by atoms with van der Waals surface area (Å²) in [5.74, 6) is 2.49. The van der Waals surface area contributed by atoms with Crippen LogP contribution in [0.5, 0.6) is 11.5 Å². The largest absolute Gasteiger partial charge is 0.493 e. The van der Waals surface area contributed by atoms with Gasteiger partial charge in [0.05, 0.1) is 19.1 Å². The summed E-state index contributed by atoms with van der Waals surface area (Å²) < 4.78 is 12.6. The Labute approximate surface area is 181 Å². The number of amides is 1. The minimum absolute atomic E-state index is 0.0143. The summed E-state index contributed by atoms with van der Waals surface area (Å²) in [5, 5.41) is 8.95. The minimum atomic E-state index is 0.0143. The van der Waals surface area contributed by atoms with Gasteiger partial charge in [0.25, 0.3) is 5.91 Å². The Balaban J connectivity index is 1.65. The number of fused-ring (bicyclic) bond motifs is 1. The van der Waals surface area contributed by atoms with E-state index in [1.54, 1.807) is 14.2 Å². The van der Waals surface area contributed by atoms with Crippen molar-refractivity contribution in [2.45, 2.75) is 39.2 Å². The van der Waals surface area contributed by atoms with Crippen molar-refractivity contribution in [3.8, 4) is 22.8 Å². The van der Waals surface area contributed by atoms with Crippen LogP contribution in [0.2, 0.25) is 0 Å². The fraction of sp³-hybridized carbons (Fsp3) is 0.478. The standard InChI is InChI=1S/C23H29N3O3S/c1-13-7-6-8-17(14(13)2)24-22(27)20-12-16-21(25-26(3)23(16)30-20)15-9-10-18(28-4)19(11-15)29-5/h9-14,17H,6-8H2,1-5H3,(H,24,27)/t13-,14-,17+/m0/s1. The molecule has 0 radical (unpaired) electrons. The molecular formula is C23H29N3O3S. The third-order valence-electron chi connectivity index (χ3n) is 6.42. The van der Waals surface area contributed by atoms with Gasteiger partial charge in [0.1, 0.15) is 10.5 Å². The molecule has 1 saturated carbocycles. The third-order valence-corrected chi connectivity index (χ3v) is 7.62. The highest BCUT2D eigenvalue weighted by atomic mass is 32.1. The van der Waals surface area contributed by atoms with Crippen LogP contribution in [0.3, 0.4) is 0 Å². The maximum Gasteiger partial charge on any atom is 0.261 e. The first-order valence-corrected chi connectivity index (χ1v) is 11.2. The molecule has 0 spiro atoms. The molecule has 4 rings (SSSR count). The van der Waals surface area contributed by atoms with Crippen LogP contribution < -0.4 is 14.8 Å². The number of ether oxygens (including phenoxy) is 2. The first-order chi connectivity index (χ1) is 14.4. The van der Waals surface area contributed by atoms with Gasteiger partial charge in [-0.25, -0.2) is 0 Å². The summed E-state index contributed by atoms with van der Waals surface area (Å²) in [4.78, 5) is 14.7. The number of carbonyl (C=O) groups excluding carboxylic acids is 1. The SMILES string of the molecule is COc1ccc(-c2nn(C)c3sc(C(=O)N[C@@H]4CCC[C@H](C)[C@@H]4C)cc23)cc1OC. The smallest absolute Gasteiger partial charge is 0.261 e. The molecule has 0 unspecified atom stereocenters. The van der Waals surface area contributed by atoms with E-state index in [1.165, 1.54) is 24.2 Å². The van der Waals surface area contributed by atoms with Crippen LogP contribution in [0.15, 0.2) is 24.3 Å². The number of methoxy groups -OCH3 is 2. The number of carbonyl (C=O) groups is 1. The zero-order valence-corrected chi connectivity index (χ0v) is 19.0. The summed E-state index contributed by atoms with van der Waals surface area (Å²) in [5.41, 5.74) is 1.76. The predicted octanol–water partition coefficient (Wildman–Crippen LogP) is 4.87. The van der Waals surface area contributed by atoms with Gasteiger partial charge in [-0.1, -0.05) is 26.7 Å². The summed E-state index contributed by atoms with van der Waals surface area (Å²) in [6.07, 6.45) is 3.48. The monoisotopic (exact) mass is 427 g/mol. The highest BCUT2D eigenvalue weighted by Gasteiger charge is 2.29. The van der Waals surface area contributed by atoms with E-state index in [0.717, 1.165) is 32.8 Å². The zero-order valence-electron chi connectivity index (χ0n) is 18.2. The summed E-state index contributed by atoms with van der Waals surface area (Å²) >= 11 is 1.49. The van der Waals surface area contributed by atoms with Crippen molar-refractivity contribution < 1.29 is 14.3 Å². The number of aromatic nitrogens is 2. The molecule has 1 amide bonds. The number of benzene rings is 1. The zero-order chi connectivity index (χ0) is 21.4. The van der Waals surface area contributed by atoms with E-state index in [9.17, 15) is 4.79 Å².